The zero-order valence-corrected chi connectivity index (χ0v) is 20.0. The normalized spacial score (nSPS) is 14.7. The van der Waals surface area contributed by atoms with Crippen molar-refractivity contribution >= 4 is 28.1 Å². The Morgan fingerprint density at radius 3 is 2.34 bits per heavy atom. The number of ether oxygens (including phenoxy) is 2. The Balaban J connectivity index is 1.47. The molecule has 0 aliphatic carbocycles. The first kappa shape index (κ1) is 24.3. The van der Waals surface area contributed by atoms with Crippen molar-refractivity contribution in [1.82, 2.24) is 9.29 Å². The standard InChI is InChI=1S/C24H23FN4O5S/c1-32-21-9-3-17(15-22(21)33-2)4-10-23-27-20(16-26)24(34-23)28-11-13-29(14-12-28)35(30,31)19-7-5-18(25)6-8-19/h3-10,15H,11-14H2,1-2H3/b10-4+. The van der Waals surface area contributed by atoms with Crippen LogP contribution in [-0.4, -0.2) is 58.1 Å². The van der Waals surface area contributed by atoms with E-state index in [4.69, 9.17) is 13.9 Å². The average Bonchev–Trinajstić information content (AvgIpc) is 3.31. The molecule has 0 unspecified atom stereocenters. The zero-order valence-electron chi connectivity index (χ0n) is 19.1. The van der Waals surface area contributed by atoms with E-state index in [2.05, 4.69) is 4.98 Å². The molecule has 1 aliphatic rings. The number of rotatable bonds is 7. The smallest absolute Gasteiger partial charge is 0.243 e. The number of hydrogen-bond donors (Lipinski definition) is 0. The summed E-state index contributed by atoms with van der Waals surface area (Å²) < 4.78 is 56.6. The number of piperazine rings is 1. The SMILES string of the molecule is COc1ccc(/C=C/c2nc(C#N)c(N3CCN(S(=O)(=O)c4ccc(F)cc4)CC3)o2)cc1OC. The van der Waals surface area contributed by atoms with E-state index in [1.165, 1.54) is 16.4 Å². The maximum Gasteiger partial charge on any atom is 0.243 e. The second-order valence-electron chi connectivity index (χ2n) is 7.61. The fourth-order valence-corrected chi connectivity index (χ4v) is 5.12. The molecule has 0 N–H and O–H groups in total. The Bertz CT molecular complexity index is 1370. The number of hydrogen-bond acceptors (Lipinski definition) is 8. The Hall–Kier alpha value is -3.88. The molecule has 0 atom stereocenters. The minimum Gasteiger partial charge on any atom is -0.493 e. The summed E-state index contributed by atoms with van der Waals surface area (Å²) in [5.41, 5.74) is 0.937. The molecule has 4 rings (SSSR count). The van der Waals surface area contributed by atoms with Crippen molar-refractivity contribution in [3.63, 3.8) is 0 Å². The molecule has 0 bridgehead atoms. The van der Waals surface area contributed by atoms with E-state index in [0.717, 1.165) is 17.7 Å². The van der Waals surface area contributed by atoms with Crippen molar-refractivity contribution in [2.45, 2.75) is 4.90 Å². The van der Waals surface area contributed by atoms with Crippen LogP contribution in [0.5, 0.6) is 11.5 Å². The van der Waals surface area contributed by atoms with Crippen molar-refractivity contribution in [2.75, 3.05) is 45.3 Å². The van der Waals surface area contributed by atoms with E-state index in [1.807, 2.05) is 12.1 Å². The first-order chi connectivity index (χ1) is 16.8. The Morgan fingerprint density at radius 1 is 1.03 bits per heavy atom. The van der Waals surface area contributed by atoms with Crippen LogP contribution in [0.3, 0.4) is 0 Å². The molecule has 1 saturated heterocycles. The summed E-state index contributed by atoms with van der Waals surface area (Å²) >= 11 is 0. The third-order valence-electron chi connectivity index (χ3n) is 5.53. The van der Waals surface area contributed by atoms with Gasteiger partial charge < -0.3 is 18.8 Å². The number of benzene rings is 2. The molecular weight excluding hydrogens is 475 g/mol. The van der Waals surface area contributed by atoms with Gasteiger partial charge in [-0.3, -0.25) is 0 Å². The van der Waals surface area contributed by atoms with Gasteiger partial charge in [0, 0.05) is 32.3 Å². The van der Waals surface area contributed by atoms with Crippen LogP contribution in [0.2, 0.25) is 0 Å². The minimum absolute atomic E-state index is 0.0346. The summed E-state index contributed by atoms with van der Waals surface area (Å²) in [5, 5.41) is 9.54. The summed E-state index contributed by atoms with van der Waals surface area (Å²) in [6.45, 7) is 0.983. The summed E-state index contributed by atoms with van der Waals surface area (Å²) in [7, 11) is -0.637. The molecule has 1 fully saturated rings. The lowest BCUT2D eigenvalue weighted by Gasteiger charge is -2.33. The van der Waals surface area contributed by atoms with Gasteiger partial charge in [0.25, 0.3) is 0 Å². The zero-order chi connectivity index (χ0) is 25.0. The lowest BCUT2D eigenvalue weighted by Crippen LogP contribution is -2.48. The van der Waals surface area contributed by atoms with Crippen LogP contribution in [0, 0.1) is 17.1 Å². The van der Waals surface area contributed by atoms with E-state index >= 15 is 0 Å². The van der Waals surface area contributed by atoms with Gasteiger partial charge in [0.1, 0.15) is 11.9 Å². The second-order valence-corrected chi connectivity index (χ2v) is 9.55. The number of nitriles is 1. The Morgan fingerprint density at radius 2 is 1.71 bits per heavy atom. The maximum absolute atomic E-state index is 13.2. The highest BCUT2D eigenvalue weighted by atomic mass is 32.2. The third-order valence-corrected chi connectivity index (χ3v) is 7.45. The monoisotopic (exact) mass is 498 g/mol. The highest BCUT2D eigenvalue weighted by molar-refractivity contribution is 7.89. The molecule has 3 aromatic rings. The van der Waals surface area contributed by atoms with Crippen molar-refractivity contribution in [3.8, 4) is 17.6 Å². The fourth-order valence-electron chi connectivity index (χ4n) is 3.70. The summed E-state index contributed by atoms with van der Waals surface area (Å²) in [6.07, 6.45) is 3.41. The average molecular weight is 499 g/mol. The van der Waals surface area contributed by atoms with Gasteiger partial charge in [-0.1, -0.05) is 6.07 Å². The van der Waals surface area contributed by atoms with Crippen molar-refractivity contribution in [3.05, 3.63) is 65.4 Å². The molecule has 1 aromatic heterocycles. The molecule has 11 heteroatoms. The predicted molar refractivity (Wildman–Crippen MR) is 127 cm³/mol. The second kappa shape index (κ2) is 10.2. The van der Waals surface area contributed by atoms with Crippen LogP contribution >= 0.6 is 0 Å². The van der Waals surface area contributed by atoms with E-state index < -0.39 is 15.8 Å². The van der Waals surface area contributed by atoms with Crippen LogP contribution in [0.4, 0.5) is 10.3 Å². The number of sulfonamides is 1. The number of nitrogens with zero attached hydrogens (tertiary/aromatic N) is 4. The highest BCUT2D eigenvalue weighted by Crippen LogP contribution is 2.29. The maximum atomic E-state index is 13.2. The Labute approximate surface area is 202 Å². The van der Waals surface area contributed by atoms with Gasteiger partial charge in [0.05, 0.1) is 19.1 Å². The predicted octanol–water partition coefficient (Wildman–Crippen LogP) is 3.38. The van der Waals surface area contributed by atoms with E-state index in [0.29, 0.717) is 30.5 Å². The quantitative estimate of drug-likeness (QED) is 0.488. The molecule has 35 heavy (non-hydrogen) atoms. The van der Waals surface area contributed by atoms with Crippen molar-refractivity contribution in [1.29, 1.82) is 5.26 Å². The number of oxazole rings is 1. The molecule has 9 nitrogen and oxygen atoms in total. The Kier molecular flexibility index (Phi) is 7.04. The number of anilines is 1. The molecule has 2 aromatic carbocycles. The van der Waals surface area contributed by atoms with Crippen LogP contribution in [0.25, 0.3) is 12.2 Å². The highest BCUT2D eigenvalue weighted by Gasteiger charge is 2.31. The molecule has 182 valence electrons. The topological polar surface area (TPSA) is 109 Å². The van der Waals surface area contributed by atoms with Crippen LogP contribution in [0.15, 0.2) is 51.8 Å². The van der Waals surface area contributed by atoms with Gasteiger partial charge in [0.15, 0.2) is 11.5 Å². The van der Waals surface area contributed by atoms with Crippen molar-refractivity contribution in [2.24, 2.45) is 0 Å². The van der Waals surface area contributed by atoms with E-state index in [-0.39, 0.29) is 29.6 Å². The molecule has 0 amide bonds. The van der Waals surface area contributed by atoms with Gasteiger partial charge in [0.2, 0.25) is 27.5 Å². The van der Waals surface area contributed by atoms with Crippen LogP contribution in [-0.2, 0) is 10.0 Å². The van der Waals surface area contributed by atoms with Gasteiger partial charge in [-0.25, -0.2) is 12.8 Å². The first-order valence-electron chi connectivity index (χ1n) is 10.7. The number of methoxy groups -OCH3 is 2. The molecule has 2 heterocycles. The summed E-state index contributed by atoms with van der Waals surface area (Å²) in [6, 6.07) is 12.2. The molecule has 0 spiro atoms. The lowest BCUT2D eigenvalue weighted by atomic mass is 10.2. The molecular formula is C24H23FN4O5S. The number of aromatic nitrogens is 1. The van der Waals surface area contributed by atoms with Crippen molar-refractivity contribution < 1.29 is 26.7 Å². The van der Waals surface area contributed by atoms with Crippen LogP contribution < -0.4 is 14.4 Å². The fraction of sp³-hybridized carbons (Fsp3) is 0.250. The minimum atomic E-state index is -3.75. The molecule has 0 radical (unpaired) electrons. The van der Waals surface area contributed by atoms with E-state index in [9.17, 15) is 18.1 Å². The van der Waals surface area contributed by atoms with Gasteiger partial charge in [-0.2, -0.15) is 14.6 Å². The summed E-state index contributed by atoms with van der Waals surface area (Å²) in [5.74, 6) is 1.22. The molecule has 0 saturated carbocycles. The summed E-state index contributed by atoms with van der Waals surface area (Å²) in [4.78, 5) is 6.06. The van der Waals surface area contributed by atoms with E-state index in [1.54, 1.807) is 43.4 Å². The van der Waals surface area contributed by atoms with Gasteiger partial charge >= 0.3 is 0 Å². The van der Waals surface area contributed by atoms with Crippen LogP contribution in [0.1, 0.15) is 17.1 Å². The largest absolute Gasteiger partial charge is 0.493 e. The van der Waals surface area contributed by atoms with Gasteiger partial charge in [-0.05, 0) is 48.0 Å². The molecule has 1 aliphatic heterocycles. The third kappa shape index (κ3) is 5.13. The lowest BCUT2D eigenvalue weighted by molar-refractivity contribution is 0.355. The van der Waals surface area contributed by atoms with Gasteiger partial charge in [-0.15, -0.1) is 0 Å². The number of halogens is 1. The first-order valence-corrected chi connectivity index (χ1v) is 12.1.